The highest BCUT2D eigenvalue weighted by Crippen LogP contribution is 2.30. The number of ether oxygens (including phenoxy) is 2. The molecule has 0 saturated heterocycles. The topological polar surface area (TPSA) is 50.7 Å². The van der Waals surface area contributed by atoms with Crippen molar-refractivity contribution in [2.24, 2.45) is 0 Å². The van der Waals surface area contributed by atoms with Gasteiger partial charge in [0, 0.05) is 12.6 Å². The van der Waals surface area contributed by atoms with E-state index in [9.17, 15) is 13.9 Å². The monoisotopic (exact) mass is 315 g/mol. The summed E-state index contributed by atoms with van der Waals surface area (Å²) >= 11 is 0. The van der Waals surface area contributed by atoms with Crippen LogP contribution in [0.3, 0.4) is 0 Å². The maximum Gasteiger partial charge on any atom is 0.387 e. The average Bonchev–Trinajstić information content (AvgIpc) is 2.48. The Balaban J connectivity index is 1.99. The minimum Gasteiger partial charge on any atom is -0.490 e. The quantitative estimate of drug-likeness (QED) is 0.812. The number of hydrogen-bond acceptors (Lipinski definition) is 4. The summed E-state index contributed by atoms with van der Waals surface area (Å²) in [6, 6.07) is 5.00. The maximum atomic E-state index is 12.4. The van der Waals surface area contributed by atoms with Crippen LogP contribution in [0.1, 0.15) is 38.2 Å². The minimum atomic E-state index is -2.87. The lowest BCUT2D eigenvalue weighted by molar-refractivity contribution is -0.0514. The Labute approximate surface area is 129 Å². The molecule has 1 aromatic carbocycles. The molecule has 1 aromatic rings. The number of benzene rings is 1. The summed E-state index contributed by atoms with van der Waals surface area (Å²) in [5, 5.41) is 13.3. The third-order valence-corrected chi connectivity index (χ3v) is 3.82. The molecule has 4 nitrogen and oxygen atoms in total. The second-order valence-corrected chi connectivity index (χ2v) is 5.43. The molecule has 1 saturated carbocycles. The van der Waals surface area contributed by atoms with Gasteiger partial charge in [0.15, 0.2) is 11.5 Å². The predicted molar refractivity (Wildman–Crippen MR) is 79.3 cm³/mol. The van der Waals surface area contributed by atoms with Gasteiger partial charge in [0.1, 0.15) is 0 Å². The molecule has 0 spiro atoms. The van der Waals surface area contributed by atoms with Gasteiger partial charge < -0.3 is 19.9 Å². The Morgan fingerprint density at radius 1 is 1.27 bits per heavy atom. The molecule has 0 aromatic heterocycles. The first kappa shape index (κ1) is 17.0. The summed E-state index contributed by atoms with van der Waals surface area (Å²) in [6.07, 6.45) is 3.63. The molecule has 2 atom stereocenters. The zero-order valence-electron chi connectivity index (χ0n) is 12.7. The summed E-state index contributed by atoms with van der Waals surface area (Å²) in [4.78, 5) is 0. The molecule has 2 N–H and O–H groups in total. The van der Waals surface area contributed by atoms with E-state index in [1.807, 2.05) is 0 Å². The Morgan fingerprint density at radius 3 is 2.73 bits per heavy atom. The molecule has 0 aliphatic heterocycles. The van der Waals surface area contributed by atoms with Crippen LogP contribution in [0.5, 0.6) is 11.5 Å². The number of halogens is 2. The Morgan fingerprint density at radius 2 is 2.05 bits per heavy atom. The fourth-order valence-electron chi connectivity index (χ4n) is 2.72. The lowest BCUT2D eigenvalue weighted by atomic mass is 9.92. The van der Waals surface area contributed by atoms with Gasteiger partial charge in [-0.15, -0.1) is 0 Å². The Hall–Kier alpha value is -1.40. The van der Waals surface area contributed by atoms with E-state index in [-0.39, 0.29) is 17.9 Å². The van der Waals surface area contributed by atoms with Crippen LogP contribution in [-0.4, -0.2) is 30.5 Å². The highest BCUT2D eigenvalue weighted by atomic mass is 19.3. The maximum absolute atomic E-state index is 12.4. The molecule has 2 rings (SSSR count). The molecule has 1 aliphatic rings. The van der Waals surface area contributed by atoms with Crippen molar-refractivity contribution < 1.29 is 23.4 Å². The summed E-state index contributed by atoms with van der Waals surface area (Å²) < 4.78 is 34.5. The number of hydrogen-bond donors (Lipinski definition) is 2. The zero-order valence-corrected chi connectivity index (χ0v) is 12.7. The van der Waals surface area contributed by atoms with E-state index in [4.69, 9.17) is 4.74 Å². The van der Waals surface area contributed by atoms with E-state index in [0.717, 1.165) is 31.2 Å². The summed E-state index contributed by atoms with van der Waals surface area (Å²) in [5.41, 5.74) is 0.905. The molecule has 0 amide bonds. The molecule has 6 heteroatoms. The van der Waals surface area contributed by atoms with Gasteiger partial charge in [-0.3, -0.25) is 0 Å². The lowest BCUT2D eigenvalue weighted by Crippen LogP contribution is -2.41. The molecule has 124 valence electrons. The highest BCUT2D eigenvalue weighted by molar-refractivity contribution is 5.43. The van der Waals surface area contributed by atoms with Gasteiger partial charge in [0.25, 0.3) is 0 Å². The van der Waals surface area contributed by atoms with Crippen molar-refractivity contribution in [3.63, 3.8) is 0 Å². The van der Waals surface area contributed by atoms with Crippen LogP contribution in [0.2, 0.25) is 0 Å². The normalized spacial score (nSPS) is 21.9. The first-order chi connectivity index (χ1) is 10.6. The first-order valence-corrected chi connectivity index (χ1v) is 7.72. The van der Waals surface area contributed by atoms with E-state index in [2.05, 4.69) is 10.1 Å². The standard InChI is InChI=1S/C16H23F2NO3/c1-2-21-15-9-11(7-8-14(15)22-16(17)18)10-19-12-5-3-4-6-13(12)20/h7-9,12-13,16,19-20H,2-6,10H2,1H3. The van der Waals surface area contributed by atoms with E-state index < -0.39 is 6.61 Å². The zero-order chi connectivity index (χ0) is 15.9. The Bertz CT molecular complexity index is 471. The smallest absolute Gasteiger partial charge is 0.387 e. The van der Waals surface area contributed by atoms with Gasteiger partial charge in [0.2, 0.25) is 0 Å². The molecule has 2 unspecified atom stereocenters. The van der Waals surface area contributed by atoms with Crippen LogP contribution < -0.4 is 14.8 Å². The number of alkyl halides is 2. The first-order valence-electron chi connectivity index (χ1n) is 7.72. The van der Waals surface area contributed by atoms with E-state index in [1.54, 1.807) is 19.1 Å². The van der Waals surface area contributed by atoms with Crippen molar-refractivity contribution in [1.82, 2.24) is 5.32 Å². The van der Waals surface area contributed by atoms with Crippen molar-refractivity contribution in [2.75, 3.05) is 6.61 Å². The van der Waals surface area contributed by atoms with Crippen molar-refractivity contribution in [3.05, 3.63) is 23.8 Å². The molecule has 0 heterocycles. The van der Waals surface area contributed by atoms with Crippen molar-refractivity contribution >= 4 is 0 Å². The van der Waals surface area contributed by atoms with Gasteiger partial charge >= 0.3 is 6.61 Å². The van der Waals surface area contributed by atoms with Crippen molar-refractivity contribution in [1.29, 1.82) is 0 Å². The van der Waals surface area contributed by atoms with Crippen molar-refractivity contribution in [3.8, 4) is 11.5 Å². The summed E-state index contributed by atoms with van der Waals surface area (Å²) in [6.45, 7) is -0.162. The molecule has 1 aliphatic carbocycles. The van der Waals surface area contributed by atoms with E-state index >= 15 is 0 Å². The Kier molecular flexibility index (Phi) is 6.39. The second kappa shape index (κ2) is 8.29. The fraction of sp³-hybridized carbons (Fsp3) is 0.625. The van der Waals surface area contributed by atoms with Crippen LogP contribution in [0.15, 0.2) is 18.2 Å². The fourth-order valence-corrected chi connectivity index (χ4v) is 2.72. The number of aliphatic hydroxyl groups is 1. The third-order valence-electron chi connectivity index (χ3n) is 3.82. The lowest BCUT2D eigenvalue weighted by Gasteiger charge is -2.28. The molecule has 0 bridgehead atoms. The molecule has 1 fully saturated rings. The average molecular weight is 315 g/mol. The number of rotatable bonds is 7. The van der Waals surface area contributed by atoms with Crippen LogP contribution in [0, 0.1) is 0 Å². The van der Waals surface area contributed by atoms with E-state index in [1.165, 1.54) is 6.07 Å². The van der Waals surface area contributed by atoms with Crippen molar-refractivity contribution in [2.45, 2.75) is 57.9 Å². The largest absolute Gasteiger partial charge is 0.490 e. The predicted octanol–water partition coefficient (Wildman–Crippen LogP) is 3.08. The van der Waals surface area contributed by atoms with Gasteiger partial charge in [-0.25, -0.2) is 0 Å². The van der Waals surface area contributed by atoms with Gasteiger partial charge in [0.05, 0.1) is 12.7 Å². The molecule has 0 radical (unpaired) electrons. The third kappa shape index (κ3) is 4.81. The molecular formula is C16H23F2NO3. The minimum absolute atomic E-state index is 0.0401. The van der Waals surface area contributed by atoms with Gasteiger partial charge in [-0.05, 0) is 37.5 Å². The van der Waals surface area contributed by atoms with E-state index in [0.29, 0.717) is 18.9 Å². The van der Waals surface area contributed by atoms with Gasteiger partial charge in [-0.1, -0.05) is 18.9 Å². The van der Waals surface area contributed by atoms with Crippen LogP contribution >= 0.6 is 0 Å². The highest BCUT2D eigenvalue weighted by Gasteiger charge is 2.22. The van der Waals surface area contributed by atoms with Gasteiger partial charge in [-0.2, -0.15) is 8.78 Å². The summed E-state index contributed by atoms with van der Waals surface area (Å²) in [5.74, 6) is 0.351. The second-order valence-electron chi connectivity index (χ2n) is 5.43. The van der Waals surface area contributed by atoms with Crippen LogP contribution in [-0.2, 0) is 6.54 Å². The molecule has 22 heavy (non-hydrogen) atoms. The number of nitrogens with one attached hydrogen (secondary N) is 1. The molecular weight excluding hydrogens is 292 g/mol. The van der Waals surface area contributed by atoms with Crippen LogP contribution in [0.25, 0.3) is 0 Å². The number of aliphatic hydroxyl groups excluding tert-OH is 1. The SMILES string of the molecule is CCOc1cc(CNC2CCCCC2O)ccc1OC(F)F. The summed E-state index contributed by atoms with van der Waals surface area (Å²) in [7, 11) is 0. The van der Waals surface area contributed by atoms with Crippen LogP contribution in [0.4, 0.5) is 8.78 Å².